The van der Waals surface area contributed by atoms with Crippen molar-refractivity contribution in [2.45, 2.75) is 20.8 Å². The minimum atomic E-state index is -2.44. The Morgan fingerprint density at radius 1 is 0.950 bits per heavy atom. The molecule has 2 aromatic carbocycles. The summed E-state index contributed by atoms with van der Waals surface area (Å²) in [7, 11) is -2.44. The third-order valence-corrected chi connectivity index (χ3v) is 4.67. The van der Waals surface area contributed by atoms with Crippen LogP contribution >= 0.6 is 7.80 Å². The van der Waals surface area contributed by atoms with Crippen molar-refractivity contribution in [3.8, 4) is 0 Å². The molecule has 0 N–H and O–H groups in total. The second kappa shape index (κ2) is 7.09. The molecule has 100 valence electrons. The molecule has 0 aliphatic carbocycles. The van der Waals surface area contributed by atoms with E-state index in [-0.39, 0.29) is 24.4 Å². The first-order valence-corrected chi connectivity index (χ1v) is 7.63. The van der Waals surface area contributed by atoms with Crippen LogP contribution in [0.4, 0.5) is 0 Å². The van der Waals surface area contributed by atoms with Gasteiger partial charge in [0.2, 0.25) is 5.52 Å². The molecule has 2 aromatic rings. The van der Waals surface area contributed by atoms with Gasteiger partial charge in [0.1, 0.15) is 0 Å². The molecule has 2 rings (SSSR count). The Morgan fingerprint density at radius 2 is 1.45 bits per heavy atom. The molecule has 4 heteroatoms. The van der Waals surface area contributed by atoms with E-state index in [1.165, 1.54) is 0 Å². The van der Waals surface area contributed by atoms with Crippen molar-refractivity contribution in [1.82, 2.24) is 0 Å². The van der Waals surface area contributed by atoms with E-state index in [1.54, 1.807) is 24.3 Å². The summed E-state index contributed by atoms with van der Waals surface area (Å²) in [6.45, 7) is 5.79. The summed E-state index contributed by atoms with van der Waals surface area (Å²) < 4.78 is 12.4. The van der Waals surface area contributed by atoms with E-state index in [9.17, 15) is 9.36 Å². The third-order valence-electron chi connectivity index (χ3n) is 3.15. The summed E-state index contributed by atoms with van der Waals surface area (Å²) in [5, 5.41) is 0.622. The second-order valence-electron chi connectivity index (χ2n) is 4.80. The van der Waals surface area contributed by atoms with Gasteiger partial charge >= 0.3 is 18.9 Å². The molecule has 0 radical (unpaired) electrons. The molecule has 2 nitrogen and oxygen atoms in total. The van der Waals surface area contributed by atoms with Gasteiger partial charge in [-0.1, -0.05) is 48.0 Å². The van der Waals surface area contributed by atoms with E-state index < -0.39 is 7.80 Å². The summed E-state index contributed by atoms with van der Waals surface area (Å²) >= 11 is 0. The van der Waals surface area contributed by atoms with Crippen molar-refractivity contribution in [1.29, 1.82) is 0 Å². The summed E-state index contributed by atoms with van der Waals surface area (Å²) in [6, 6.07) is 12.9. The number of rotatable bonds is 3. The molecule has 0 saturated heterocycles. The summed E-state index contributed by atoms with van der Waals surface area (Å²) in [5.74, 6) is 0. The predicted molar refractivity (Wildman–Crippen MR) is 87.2 cm³/mol. The number of aryl methyl sites for hydroxylation is 3. The average molecular weight is 280 g/mol. The van der Waals surface area contributed by atoms with Gasteiger partial charge < -0.3 is 4.57 Å². The van der Waals surface area contributed by atoms with Crippen LogP contribution in [0.25, 0.3) is 0 Å². The number of hydrogen-bond acceptors (Lipinski definition) is 2. The Balaban J connectivity index is 0.00000200. The first kappa shape index (κ1) is 17.0. The van der Waals surface area contributed by atoms with E-state index in [2.05, 4.69) is 0 Å². The van der Waals surface area contributed by atoms with Crippen molar-refractivity contribution >= 4 is 37.5 Å². The fourth-order valence-electron chi connectivity index (χ4n) is 2.37. The van der Waals surface area contributed by atoms with E-state index in [0.29, 0.717) is 10.9 Å². The van der Waals surface area contributed by atoms with Crippen LogP contribution in [0.1, 0.15) is 27.0 Å². The van der Waals surface area contributed by atoms with Crippen LogP contribution in [0.5, 0.6) is 0 Å². The topological polar surface area (TPSA) is 34.1 Å². The van der Waals surface area contributed by atoms with Gasteiger partial charge in [-0.05, 0) is 31.9 Å². The van der Waals surface area contributed by atoms with Gasteiger partial charge in [-0.3, -0.25) is 4.79 Å². The summed E-state index contributed by atoms with van der Waals surface area (Å²) in [6.07, 6.45) is 0. The maximum absolute atomic E-state index is 12.4. The number of benzene rings is 2. The van der Waals surface area contributed by atoms with Gasteiger partial charge in [0, 0.05) is 10.9 Å². The zero-order valence-corrected chi connectivity index (χ0v) is 12.4. The molecule has 1 atom stereocenters. The van der Waals surface area contributed by atoms with Crippen LogP contribution in [-0.2, 0) is 4.57 Å². The van der Waals surface area contributed by atoms with Crippen LogP contribution in [0.2, 0.25) is 0 Å². The quantitative estimate of drug-likeness (QED) is 0.640. The number of carbonyl (C=O) groups is 1. The first-order valence-electron chi connectivity index (χ1n) is 6.22. The van der Waals surface area contributed by atoms with E-state index in [0.717, 1.165) is 16.7 Å². The fourth-order valence-corrected chi connectivity index (χ4v) is 3.75. The Kier molecular flexibility index (Phi) is 6.02. The van der Waals surface area contributed by atoms with Crippen molar-refractivity contribution < 1.29 is 9.36 Å². The summed E-state index contributed by atoms with van der Waals surface area (Å²) in [4.78, 5) is 12.4. The Morgan fingerprint density at radius 3 is 1.95 bits per heavy atom. The first-order chi connectivity index (χ1) is 9.00. The fraction of sp³-hybridized carbons (Fsp3) is 0.188. The Hall–Kier alpha value is -1.06. The molecule has 0 heterocycles. The molecule has 0 aromatic heterocycles. The number of hydrogen-bond donors (Lipinski definition) is 0. The van der Waals surface area contributed by atoms with Gasteiger partial charge in [0.25, 0.3) is 0 Å². The van der Waals surface area contributed by atoms with Crippen LogP contribution < -0.4 is 5.30 Å². The van der Waals surface area contributed by atoms with Crippen molar-refractivity contribution in [3.63, 3.8) is 0 Å². The van der Waals surface area contributed by atoms with Crippen molar-refractivity contribution in [2.24, 2.45) is 0 Å². The van der Waals surface area contributed by atoms with Gasteiger partial charge in [-0.2, -0.15) is 0 Å². The van der Waals surface area contributed by atoms with E-state index in [4.69, 9.17) is 0 Å². The second-order valence-corrected chi connectivity index (χ2v) is 6.49. The standard InChI is InChI=1S/C16H17O2P.Li.H/c1-11-9-12(2)15(13(3)10-11)16(17)19(18)14-7-5-4-6-8-14;;/h4-10,19H,1-3H3;;. The van der Waals surface area contributed by atoms with Crippen LogP contribution in [-0.4, -0.2) is 24.4 Å². The van der Waals surface area contributed by atoms with Crippen molar-refractivity contribution in [3.05, 3.63) is 64.7 Å². The third kappa shape index (κ3) is 3.52. The van der Waals surface area contributed by atoms with Crippen molar-refractivity contribution in [2.75, 3.05) is 0 Å². The average Bonchev–Trinajstić information content (AvgIpc) is 2.37. The molecule has 20 heavy (non-hydrogen) atoms. The maximum atomic E-state index is 12.4. The van der Waals surface area contributed by atoms with Crippen LogP contribution in [0.3, 0.4) is 0 Å². The Bertz CT molecular complexity index is 628. The molecule has 0 spiro atoms. The number of carbonyl (C=O) groups excluding carboxylic acids is 1. The normalized spacial score (nSPS) is 11.6. The van der Waals surface area contributed by atoms with Gasteiger partial charge in [0.05, 0.1) is 0 Å². The molecule has 0 aliphatic heterocycles. The zero-order chi connectivity index (χ0) is 14.0. The molecule has 1 unspecified atom stereocenters. The van der Waals surface area contributed by atoms with E-state index in [1.807, 2.05) is 39.0 Å². The van der Waals surface area contributed by atoms with Gasteiger partial charge in [-0.15, -0.1) is 0 Å². The molecule has 0 fully saturated rings. The predicted octanol–water partition coefficient (Wildman–Crippen LogP) is 2.99. The van der Waals surface area contributed by atoms with E-state index >= 15 is 0 Å². The molecular formula is C16H18LiO2P. The molecular weight excluding hydrogens is 262 g/mol. The van der Waals surface area contributed by atoms with Crippen LogP contribution in [0.15, 0.2) is 42.5 Å². The van der Waals surface area contributed by atoms with Crippen LogP contribution in [0, 0.1) is 20.8 Å². The Labute approximate surface area is 132 Å². The molecule has 0 amide bonds. The monoisotopic (exact) mass is 280 g/mol. The molecule has 0 saturated carbocycles. The SMILES string of the molecule is Cc1cc(C)c(C(=O)[PH](=O)c2ccccc2)c(C)c1.[LiH]. The minimum absolute atomic E-state index is 0. The zero-order valence-electron chi connectivity index (χ0n) is 11.4. The van der Waals surface area contributed by atoms with Gasteiger partial charge in [0.15, 0.2) is 7.80 Å². The molecule has 0 bridgehead atoms. The summed E-state index contributed by atoms with van der Waals surface area (Å²) in [5.41, 5.74) is 3.28. The molecule has 0 aliphatic rings. The van der Waals surface area contributed by atoms with Gasteiger partial charge in [-0.25, -0.2) is 0 Å².